The molecule has 1 aromatic carbocycles. The largest absolute Gasteiger partial charge is 0.361 e. The minimum Gasteiger partial charge on any atom is -0.361 e. The van der Waals surface area contributed by atoms with Gasteiger partial charge in [0.15, 0.2) is 0 Å². The van der Waals surface area contributed by atoms with Crippen molar-refractivity contribution in [2.45, 2.75) is 40.2 Å². The molecule has 20 heavy (non-hydrogen) atoms. The molecular weight excluding hydrogens is 248 g/mol. The van der Waals surface area contributed by atoms with Crippen LogP contribution in [0.15, 0.2) is 30.5 Å². The highest BCUT2D eigenvalue weighted by Gasteiger charge is 2.27. The quantitative estimate of drug-likeness (QED) is 0.910. The van der Waals surface area contributed by atoms with E-state index in [1.807, 2.05) is 36.3 Å². The van der Waals surface area contributed by atoms with Crippen LogP contribution < -0.4 is 0 Å². The number of hydrogen-bond donors (Lipinski definition) is 1. The first-order valence-corrected chi connectivity index (χ1v) is 7.11. The van der Waals surface area contributed by atoms with Gasteiger partial charge in [-0.2, -0.15) is 0 Å². The molecular formula is C17H24N2O. The van der Waals surface area contributed by atoms with Gasteiger partial charge in [-0.15, -0.1) is 0 Å². The van der Waals surface area contributed by atoms with Gasteiger partial charge in [0, 0.05) is 30.2 Å². The van der Waals surface area contributed by atoms with Gasteiger partial charge in [0.05, 0.1) is 6.42 Å². The van der Waals surface area contributed by atoms with E-state index < -0.39 is 0 Å². The summed E-state index contributed by atoms with van der Waals surface area (Å²) in [6.07, 6.45) is 2.39. The molecule has 0 spiro atoms. The number of fused-ring (bicyclic) bond motifs is 1. The van der Waals surface area contributed by atoms with Gasteiger partial charge >= 0.3 is 0 Å². The lowest BCUT2D eigenvalue weighted by atomic mass is 9.87. The highest BCUT2D eigenvalue weighted by molar-refractivity contribution is 5.88. The average molecular weight is 272 g/mol. The normalized spacial score (nSPS) is 13.4. The summed E-state index contributed by atoms with van der Waals surface area (Å²) >= 11 is 0. The van der Waals surface area contributed by atoms with Gasteiger partial charge in [-0.25, -0.2) is 0 Å². The molecule has 1 heterocycles. The number of amides is 1. The molecule has 1 N–H and O–H groups in total. The number of nitrogens with zero attached hydrogens (tertiary/aromatic N) is 1. The predicted octanol–water partition coefficient (Wildman–Crippen LogP) is 3.60. The van der Waals surface area contributed by atoms with Crippen LogP contribution >= 0.6 is 0 Å². The Morgan fingerprint density at radius 3 is 2.60 bits per heavy atom. The zero-order chi connectivity index (χ0) is 14.9. The van der Waals surface area contributed by atoms with Crippen LogP contribution in [0, 0.1) is 5.41 Å². The number of hydrogen-bond acceptors (Lipinski definition) is 1. The molecule has 108 valence electrons. The van der Waals surface area contributed by atoms with Crippen molar-refractivity contribution in [3.8, 4) is 0 Å². The van der Waals surface area contributed by atoms with E-state index >= 15 is 0 Å². The molecule has 0 radical (unpaired) electrons. The number of likely N-dealkylation sites (N-methyl/N-ethyl adjacent to an activating group) is 1. The zero-order valence-corrected chi connectivity index (χ0v) is 13.0. The van der Waals surface area contributed by atoms with Crippen LogP contribution in [0.3, 0.4) is 0 Å². The number of nitrogens with one attached hydrogen (secondary N) is 1. The van der Waals surface area contributed by atoms with E-state index in [1.165, 1.54) is 0 Å². The van der Waals surface area contributed by atoms with Gasteiger partial charge in [-0.3, -0.25) is 4.79 Å². The van der Waals surface area contributed by atoms with Crippen molar-refractivity contribution in [1.82, 2.24) is 9.88 Å². The van der Waals surface area contributed by atoms with Crippen molar-refractivity contribution in [3.05, 3.63) is 36.0 Å². The van der Waals surface area contributed by atoms with Gasteiger partial charge in [0.2, 0.25) is 5.91 Å². The highest BCUT2D eigenvalue weighted by Crippen LogP contribution is 2.24. The van der Waals surface area contributed by atoms with E-state index in [-0.39, 0.29) is 17.4 Å². The highest BCUT2D eigenvalue weighted by atomic mass is 16.2. The van der Waals surface area contributed by atoms with Crippen molar-refractivity contribution in [1.29, 1.82) is 0 Å². The molecule has 0 saturated carbocycles. The number of carbonyl (C=O) groups is 1. The molecule has 1 amide bonds. The maximum Gasteiger partial charge on any atom is 0.227 e. The summed E-state index contributed by atoms with van der Waals surface area (Å²) in [6, 6.07) is 8.30. The van der Waals surface area contributed by atoms with Crippen molar-refractivity contribution < 1.29 is 4.79 Å². The number of carbonyl (C=O) groups excluding carboxylic acids is 1. The molecule has 0 bridgehead atoms. The number of aromatic nitrogens is 1. The van der Waals surface area contributed by atoms with E-state index in [1.54, 1.807) is 0 Å². The van der Waals surface area contributed by atoms with Crippen LogP contribution in [0.25, 0.3) is 10.9 Å². The first-order chi connectivity index (χ1) is 9.30. The Morgan fingerprint density at radius 2 is 1.95 bits per heavy atom. The molecule has 1 aromatic heterocycles. The van der Waals surface area contributed by atoms with Gasteiger partial charge in [0.25, 0.3) is 0 Å². The lowest BCUT2D eigenvalue weighted by Gasteiger charge is -2.35. The third-order valence-electron chi connectivity index (χ3n) is 4.24. The summed E-state index contributed by atoms with van der Waals surface area (Å²) < 4.78 is 0. The van der Waals surface area contributed by atoms with Gasteiger partial charge in [-0.05, 0) is 24.0 Å². The van der Waals surface area contributed by atoms with Crippen LogP contribution in [-0.4, -0.2) is 28.9 Å². The number of benzene rings is 1. The van der Waals surface area contributed by atoms with Crippen molar-refractivity contribution in [2.75, 3.05) is 7.05 Å². The Bertz CT molecular complexity index is 607. The van der Waals surface area contributed by atoms with Crippen molar-refractivity contribution in [2.24, 2.45) is 5.41 Å². The fourth-order valence-corrected chi connectivity index (χ4v) is 2.36. The number of rotatable bonds is 3. The third kappa shape index (κ3) is 2.87. The van der Waals surface area contributed by atoms with Crippen LogP contribution in [0.2, 0.25) is 0 Å². The second kappa shape index (κ2) is 5.31. The summed E-state index contributed by atoms with van der Waals surface area (Å²) in [5.74, 6) is 0.164. The molecule has 2 aromatic rings. The van der Waals surface area contributed by atoms with Crippen LogP contribution in [0.1, 0.15) is 33.3 Å². The van der Waals surface area contributed by atoms with Gasteiger partial charge in [-0.1, -0.05) is 39.0 Å². The van der Waals surface area contributed by atoms with E-state index in [2.05, 4.69) is 38.7 Å². The Hall–Kier alpha value is -1.77. The Kier molecular flexibility index (Phi) is 3.89. The molecule has 0 aliphatic carbocycles. The van der Waals surface area contributed by atoms with E-state index in [4.69, 9.17) is 0 Å². The Labute approximate surface area is 121 Å². The second-order valence-electron chi connectivity index (χ2n) is 6.58. The number of H-pyrrole nitrogens is 1. The number of aromatic amines is 1. The molecule has 1 unspecified atom stereocenters. The summed E-state index contributed by atoms with van der Waals surface area (Å²) in [6.45, 7) is 8.58. The molecule has 2 rings (SSSR count). The molecule has 0 saturated heterocycles. The maximum absolute atomic E-state index is 12.5. The summed E-state index contributed by atoms with van der Waals surface area (Å²) in [4.78, 5) is 17.5. The second-order valence-corrected chi connectivity index (χ2v) is 6.58. The number of para-hydroxylation sites is 1. The van der Waals surface area contributed by atoms with Crippen LogP contribution in [0.4, 0.5) is 0 Å². The maximum atomic E-state index is 12.5. The SMILES string of the molecule is CC(N(C)C(=O)Cc1c[nH]c2ccccc12)C(C)(C)C. The third-order valence-corrected chi connectivity index (χ3v) is 4.24. The minimum atomic E-state index is 0.0879. The fourth-order valence-electron chi connectivity index (χ4n) is 2.36. The van der Waals surface area contributed by atoms with E-state index in [0.29, 0.717) is 6.42 Å². The Morgan fingerprint density at radius 1 is 1.30 bits per heavy atom. The van der Waals surface area contributed by atoms with Crippen LogP contribution in [0.5, 0.6) is 0 Å². The molecule has 0 fully saturated rings. The van der Waals surface area contributed by atoms with E-state index in [9.17, 15) is 4.79 Å². The first-order valence-electron chi connectivity index (χ1n) is 7.11. The molecule has 0 aliphatic heterocycles. The standard InChI is InChI=1S/C17H24N2O/c1-12(17(2,3)4)19(5)16(20)10-13-11-18-15-9-7-6-8-14(13)15/h6-9,11-12,18H,10H2,1-5H3. The molecule has 3 heteroatoms. The summed E-state index contributed by atoms with van der Waals surface area (Å²) in [7, 11) is 1.90. The van der Waals surface area contributed by atoms with E-state index in [0.717, 1.165) is 16.5 Å². The lowest BCUT2D eigenvalue weighted by Crippen LogP contribution is -2.43. The average Bonchev–Trinajstić information content (AvgIpc) is 2.79. The summed E-state index contributed by atoms with van der Waals surface area (Å²) in [5.41, 5.74) is 2.24. The molecule has 0 aliphatic rings. The molecule has 3 nitrogen and oxygen atoms in total. The van der Waals surface area contributed by atoms with Gasteiger partial charge < -0.3 is 9.88 Å². The van der Waals surface area contributed by atoms with Crippen molar-refractivity contribution in [3.63, 3.8) is 0 Å². The predicted molar refractivity (Wildman–Crippen MR) is 83.7 cm³/mol. The zero-order valence-electron chi connectivity index (χ0n) is 13.0. The smallest absolute Gasteiger partial charge is 0.227 e. The topological polar surface area (TPSA) is 36.1 Å². The Balaban J connectivity index is 2.16. The fraction of sp³-hybridized carbons (Fsp3) is 0.471. The van der Waals surface area contributed by atoms with Crippen molar-refractivity contribution >= 4 is 16.8 Å². The first kappa shape index (κ1) is 14.6. The lowest BCUT2D eigenvalue weighted by molar-refractivity contribution is -0.132. The monoisotopic (exact) mass is 272 g/mol. The minimum absolute atomic E-state index is 0.0879. The van der Waals surface area contributed by atoms with Crippen LogP contribution in [-0.2, 0) is 11.2 Å². The summed E-state index contributed by atoms with van der Waals surface area (Å²) in [5, 5.41) is 1.14. The molecule has 1 atom stereocenters. The van der Waals surface area contributed by atoms with Gasteiger partial charge in [0.1, 0.15) is 0 Å².